The summed E-state index contributed by atoms with van der Waals surface area (Å²) >= 11 is 0. The minimum Gasteiger partial charge on any atom is -0.502 e. The zero-order valence-corrected chi connectivity index (χ0v) is 14.2. The van der Waals surface area contributed by atoms with E-state index in [1.807, 2.05) is 6.08 Å². The van der Waals surface area contributed by atoms with Crippen molar-refractivity contribution in [2.75, 3.05) is 7.11 Å². The largest absolute Gasteiger partial charge is 0.502 e. The second-order valence-electron chi connectivity index (χ2n) is 5.47. The molecule has 0 heterocycles. The molecule has 0 bridgehead atoms. The molecule has 0 amide bonds. The Bertz CT molecular complexity index is 354. The van der Waals surface area contributed by atoms with Crippen LogP contribution >= 0.6 is 0 Å². The van der Waals surface area contributed by atoms with Crippen LogP contribution in [0.15, 0.2) is 36.1 Å². The summed E-state index contributed by atoms with van der Waals surface area (Å²) in [4.78, 5) is 10.9. The molecule has 0 aliphatic rings. The fraction of sp³-hybridized carbons (Fsp3) is 0.632. The summed E-state index contributed by atoms with van der Waals surface area (Å²) in [6.45, 7) is 2.25. The zero-order chi connectivity index (χ0) is 16.5. The standard InChI is InChI=1S/C19H32O3/c1-3-4-5-6-7-8-9-10-11-12-13-14-15-16-17-18(20)19(21)22-2/h13-17,20H,3-12H2,1-2H3. The van der Waals surface area contributed by atoms with Crippen molar-refractivity contribution in [2.45, 2.75) is 71.1 Å². The molecule has 0 atom stereocenters. The van der Waals surface area contributed by atoms with Crippen LogP contribution in [-0.2, 0) is 9.53 Å². The predicted molar refractivity (Wildman–Crippen MR) is 92.9 cm³/mol. The molecule has 0 aromatic rings. The monoisotopic (exact) mass is 308 g/mol. The number of allylic oxidation sites excluding steroid dienone is 5. The summed E-state index contributed by atoms with van der Waals surface area (Å²) in [6, 6.07) is 0. The van der Waals surface area contributed by atoms with Gasteiger partial charge in [-0.25, -0.2) is 4.79 Å². The van der Waals surface area contributed by atoms with E-state index >= 15 is 0 Å². The van der Waals surface area contributed by atoms with Crippen LogP contribution < -0.4 is 0 Å². The predicted octanol–water partition coefficient (Wildman–Crippen LogP) is 5.63. The van der Waals surface area contributed by atoms with Crippen LogP contribution in [0.25, 0.3) is 0 Å². The van der Waals surface area contributed by atoms with E-state index in [0.29, 0.717) is 0 Å². The summed E-state index contributed by atoms with van der Waals surface area (Å²) in [6.07, 6.45) is 22.0. The normalized spacial score (nSPS) is 12.4. The first-order valence-corrected chi connectivity index (χ1v) is 8.53. The number of carbonyl (C=O) groups is 1. The highest BCUT2D eigenvalue weighted by atomic mass is 16.5. The second kappa shape index (κ2) is 15.9. The van der Waals surface area contributed by atoms with Gasteiger partial charge in [0.1, 0.15) is 0 Å². The summed E-state index contributed by atoms with van der Waals surface area (Å²) in [5.74, 6) is -1.10. The van der Waals surface area contributed by atoms with Gasteiger partial charge >= 0.3 is 5.97 Å². The maximum Gasteiger partial charge on any atom is 0.373 e. The summed E-state index contributed by atoms with van der Waals surface area (Å²) in [7, 11) is 1.24. The van der Waals surface area contributed by atoms with Crippen LogP contribution in [0.1, 0.15) is 71.1 Å². The lowest BCUT2D eigenvalue weighted by molar-refractivity contribution is -0.139. The number of rotatable bonds is 13. The van der Waals surface area contributed by atoms with E-state index < -0.39 is 5.97 Å². The average molecular weight is 308 g/mol. The SMILES string of the molecule is CCCCCCCCCCCC=CC=CC=C(O)C(=O)OC. The Morgan fingerprint density at radius 1 is 0.909 bits per heavy atom. The average Bonchev–Trinajstić information content (AvgIpc) is 2.54. The molecule has 22 heavy (non-hydrogen) atoms. The highest BCUT2D eigenvalue weighted by Crippen LogP contribution is 2.10. The number of hydrogen-bond donors (Lipinski definition) is 1. The topological polar surface area (TPSA) is 46.5 Å². The molecule has 3 nitrogen and oxygen atoms in total. The number of aliphatic hydroxyl groups excluding tert-OH is 1. The minimum absolute atomic E-state index is 0.383. The number of methoxy groups -OCH3 is 1. The van der Waals surface area contributed by atoms with Gasteiger partial charge in [-0.15, -0.1) is 0 Å². The van der Waals surface area contributed by atoms with Crippen molar-refractivity contribution >= 4 is 5.97 Å². The fourth-order valence-electron chi connectivity index (χ4n) is 2.13. The molecule has 1 N–H and O–H groups in total. The third-order valence-electron chi connectivity index (χ3n) is 3.48. The lowest BCUT2D eigenvalue weighted by Gasteiger charge is -2.00. The van der Waals surface area contributed by atoms with Crippen molar-refractivity contribution < 1.29 is 14.6 Å². The number of unbranched alkanes of at least 4 members (excludes halogenated alkanes) is 9. The van der Waals surface area contributed by atoms with Crippen LogP contribution in [-0.4, -0.2) is 18.2 Å². The number of aliphatic hydroxyl groups is 1. The molecular formula is C19H32O3. The molecule has 3 heteroatoms. The van der Waals surface area contributed by atoms with Crippen molar-refractivity contribution in [1.82, 2.24) is 0 Å². The van der Waals surface area contributed by atoms with E-state index in [1.165, 1.54) is 71.0 Å². The quantitative estimate of drug-likeness (QED) is 0.157. The summed E-state index contributed by atoms with van der Waals surface area (Å²) in [5.41, 5.74) is 0. The number of carbonyl (C=O) groups excluding carboxylic acids is 1. The fourth-order valence-corrected chi connectivity index (χ4v) is 2.13. The Morgan fingerprint density at radius 3 is 2.09 bits per heavy atom. The third kappa shape index (κ3) is 13.5. The molecule has 0 rings (SSSR count). The van der Waals surface area contributed by atoms with Crippen molar-refractivity contribution in [3.8, 4) is 0 Å². The summed E-state index contributed by atoms with van der Waals surface area (Å²) in [5, 5.41) is 9.22. The van der Waals surface area contributed by atoms with Gasteiger partial charge in [-0.2, -0.15) is 0 Å². The molecule has 126 valence electrons. The van der Waals surface area contributed by atoms with Gasteiger partial charge in [0, 0.05) is 0 Å². The molecule has 0 saturated carbocycles. The molecule has 0 saturated heterocycles. The smallest absolute Gasteiger partial charge is 0.373 e. The molecule has 0 spiro atoms. The molecule has 0 aromatic heterocycles. The first-order valence-electron chi connectivity index (χ1n) is 8.53. The van der Waals surface area contributed by atoms with Gasteiger partial charge in [0.15, 0.2) is 0 Å². The maximum atomic E-state index is 10.9. The van der Waals surface area contributed by atoms with E-state index in [-0.39, 0.29) is 5.76 Å². The van der Waals surface area contributed by atoms with Gasteiger partial charge in [0.25, 0.3) is 0 Å². The Morgan fingerprint density at radius 2 is 1.50 bits per heavy atom. The van der Waals surface area contributed by atoms with Gasteiger partial charge in [-0.05, 0) is 18.9 Å². The van der Waals surface area contributed by atoms with Gasteiger partial charge in [0.05, 0.1) is 7.11 Å². The number of ether oxygens (including phenoxy) is 1. The van der Waals surface area contributed by atoms with Gasteiger partial charge in [-0.1, -0.05) is 82.6 Å². The Hall–Kier alpha value is -1.51. The van der Waals surface area contributed by atoms with Crippen LogP contribution in [0.4, 0.5) is 0 Å². The Kier molecular flexibility index (Phi) is 14.8. The first-order chi connectivity index (χ1) is 10.7. The molecule has 0 aliphatic carbocycles. The van der Waals surface area contributed by atoms with E-state index in [0.717, 1.165) is 6.42 Å². The van der Waals surface area contributed by atoms with Gasteiger partial charge < -0.3 is 9.84 Å². The third-order valence-corrected chi connectivity index (χ3v) is 3.48. The lowest BCUT2D eigenvalue weighted by Crippen LogP contribution is -2.02. The zero-order valence-electron chi connectivity index (χ0n) is 14.2. The number of hydrogen-bond acceptors (Lipinski definition) is 3. The van der Waals surface area contributed by atoms with Crippen molar-refractivity contribution in [3.05, 3.63) is 36.1 Å². The first kappa shape index (κ1) is 20.5. The van der Waals surface area contributed by atoms with Crippen molar-refractivity contribution in [3.63, 3.8) is 0 Å². The van der Waals surface area contributed by atoms with Crippen molar-refractivity contribution in [1.29, 1.82) is 0 Å². The molecular weight excluding hydrogens is 276 g/mol. The Labute approximate surface area is 135 Å². The lowest BCUT2D eigenvalue weighted by atomic mass is 10.1. The van der Waals surface area contributed by atoms with Crippen LogP contribution in [0.5, 0.6) is 0 Å². The van der Waals surface area contributed by atoms with E-state index in [1.54, 1.807) is 12.2 Å². The molecule has 0 aromatic carbocycles. The highest BCUT2D eigenvalue weighted by molar-refractivity contribution is 5.85. The molecule has 0 fully saturated rings. The van der Waals surface area contributed by atoms with E-state index in [4.69, 9.17) is 0 Å². The molecule has 0 unspecified atom stereocenters. The maximum absolute atomic E-state index is 10.9. The number of esters is 1. The second-order valence-corrected chi connectivity index (χ2v) is 5.47. The van der Waals surface area contributed by atoms with Crippen LogP contribution in [0.2, 0.25) is 0 Å². The summed E-state index contributed by atoms with van der Waals surface area (Å²) < 4.78 is 4.37. The van der Waals surface area contributed by atoms with Gasteiger partial charge in [0.2, 0.25) is 5.76 Å². The van der Waals surface area contributed by atoms with Gasteiger partial charge in [-0.3, -0.25) is 0 Å². The van der Waals surface area contributed by atoms with Crippen LogP contribution in [0, 0.1) is 0 Å². The highest BCUT2D eigenvalue weighted by Gasteiger charge is 2.03. The Balaban J connectivity index is 3.46. The van der Waals surface area contributed by atoms with Crippen molar-refractivity contribution in [2.24, 2.45) is 0 Å². The van der Waals surface area contributed by atoms with E-state index in [2.05, 4.69) is 17.7 Å². The molecule has 0 radical (unpaired) electrons. The van der Waals surface area contributed by atoms with E-state index in [9.17, 15) is 9.90 Å². The minimum atomic E-state index is -0.719. The molecule has 0 aliphatic heterocycles. The van der Waals surface area contributed by atoms with Crippen LogP contribution in [0.3, 0.4) is 0 Å².